The zero-order valence-electron chi connectivity index (χ0n) is 21.3. The van der Waals surface area contributed by atoms with Crippen molar-refractivity contribution < 1.29 is 19.4 Å². The number of carbonyl (C=O) groups is 1. The van der Waals surface area contributed by atoms with Crippen LogP contribution < -0.4 is 9.47 Å². The number of phenols is 1. The molecule has 0 bridgehead atoms. The maximum absolute atomic E-state index is 12.4. The van der Waals surface area contributed by atoms with Gasteiger partial charge in [0.05, 0.1) is 24.8 Å². The maximum atomic E-state index is 12.4. The predicted molar refractivity (Wildman–Crippen MR) is 152 cm³/mol. The largest absolute Gasteiger partial charge is 0.507 e. The van der Waals surface area contributed by atoms with Crippen LogP contribution in [0.15, 0.2) is 64.3 Å². The molecule has 8 heteroatoms. The van der Waals surface area contributed by atoms with Crippen molar-refractivity contribution in [3.8, 4) is 28.5 Å². The highest BCUT2D eigenvalue weighted by molar-refractivity contribution is 7.13. The van der Waals surface area contributed by atoms with Gasteiger partial charge in [-0.25, -0.2) is 9.98 Å². The highest BCUT2D eigenvalue weighted by Crippen LogP contribution is 2.36. The number of hydrogen-bond acceptors (Lipinski definition) is 8. The summed E-state index contributed by atoms with van der Waals surface area (Å²) in [6.07, 6.45) is 4.94. The van der Waals surface area contributed by atoms with Crippen molar-refractivity contribution in [2.24, 2.45) is 4.99 Å². The monoisotopic (exact) mass is 532 g/mol. The summed E-state index contributed by atoms with van der Waals surface area (Å²) in [4.78, 5) is 22.3. The van der Waals surface area contributed by atoms with Crippen molar-refractivity contribution in [3.63, 3.8) is 0 Å². The van der Waals surface area contributed by atoms with Gasteiger partial charge in [0, 0.05) is 28.3 Å². The lowest BCUT2D eigenvalue weighted by molar-refractivity contribution is 0.105. The first-order valence-corrected chi connectivity index (χ1v) is 13.3. The van der Waals surface area contributed by atoms with E-state index in [1.165, 1.54) is 22.7 Å². The van der Waals surface area contributed by atoms with Gasteiger partial charge in [0.25, 0.3) is 0 Å². The Labute approximate surface area is 224 Å². The number of ketones is 1. The van der Waals surface area contributed by atoms with E-state index in [1.807, 2.05) is 67.9 Å². The molecule has 0 atom stereocenters. The normalized spacial score (nSPS) is 11.9. The molecule has 190 valence electrons. The molecule has 0 spiro atoms. The zero-order chi connectivity index (χ0) is 26.6. The number of thiophene rings is 1. The van der Waals surface area contributed by atoms with Gasteiger partial charge in [0.2, 0.25) is 5.13 Å². The Morgan fingerprint density at radius 1 is 1.05 bits per heavy atom. The Balaban J connectivity index is 1.63. The lowest BCUT2D eigenvalue weighted by atomic mass is 9.84. The number of rotatable bonds is 8. The van der Waals surface area contributed by atoms with E-state index in [9.17, 15) is 9.90 Å². The van der Waals surface area contributed by atoms with E-state index >= 15 is 0 Å². The summed E-state index contributed by atoms with van der Waals surface area (Å²) in [5, 5.41) is 15.4. The van der Waals surface area contributed by atoms with Gasteiger partial charge >= 0.3 is 0 Å². The Hall–Kier alpha value is -3.75. The van der Waals surface area contributed by atoms with Crippen molar-refractivity contribution in [3.05, 3.63) is 80.9 Å². The Morgan fingerprint density at radius 3 is 2.51 bits per heavy atom. The Kier molecular flexibility index (Phi) is 7.90. The van der Waals surface area contributed by atoms with Crippen molar-refractivity contribution in [1.82, 2.24) is 4.98 Å². The molecule has 0 aliphatic rings. The lowest BCUT2D eigenvalue weighted by Crippen LogP contribution is -2.12. The van der Waals surface area contributed by atoms with Gasteiger partial charge in [0.15, 0.2) is 17.3 Å². The van der Waals surface area contributed by atoms with Gasteiger partial charge in [-0.15, -0.1) is 22.7 Å². The number of hydrogen-bond donors (Lipinski definition) is 1. The molecule has 2 aromatic carbocycles. The number of allylic oxidation sites excluding steroid dienone is 1. The number of phenolic OH excluding ortho intramolecular Hbond substituents is 1. The first kappa shape index (κ1) is 26.3. The molecule has 0 unspecified atom stereocenters. The van der Waals surface area contributed by atoms with Gasteiger partial charge < -0.3 is 14.6 Å². The van der Waals surface area contributed by atoms with E-state index in [2.05, 4.69) is 9.98 Å². The number of aliphatic imine (C=N–C) groups is 1. The van der Waals surface area contributed by atoms with Crippen LogP contribution in [0.25, 0.3) is 17.3 Å². The molecular formula is C29H28N2O4S2. The van der Waals surface area contributed by atoms with Gasteiger partial charge in [0.1, 0.15) is 5.75 Å². The minimum Gasteiger partial charge on any atom is -0.507 e. The highest BCUT2D eigenvalue weighted by atomic mass is 32.1. The van der Waals surface area contributed by atoms with E-state index in [1.54, 1.807) is 38.7 Å². The molecule has 6 nitrogen and oxygen atoms in total. The standard InChI is InChI=1S/C29H28N2O4S2/c1-29(2,3)21-14-18(8-10-23(32)26-7-6-12-36-26)13-20(27(21)33)16-30-28-31-22(17-37-28)19-9-11-24(34-4)25(15-19)35-5/h6-17,33H,1-5H3/b10-8+,30-16+. The van der Waals surface area contributed by atoms with Crippen LogP contribution >= 0.6 is 22.7 Å². The fraction of sp³-hybridized carbons (Fsp3) is 0.207. The molecule has 4 rings (SSSR count). The zero-order valence-corrected chi connectivity index (χ0v) is 22.9. The Morgan fingerprint density at radius 2 is 1.84 bits per heavy atom. The number of aromatic hydroxyl groups is 1. The summed E-state index contributed by atoms with van der Waals surface area (Å²) in [6, 6.07) is 13.0. The van der Waals surface area contributed by atoms with Crippen molar-refractivity contribution in [1.29, 1.82) is 0 Å². The average molecular weight is 533 g/mol. The number of methoxy groups -OCH3 is 2. The second-order valence-electron chi connectivity index (χ2n) is 9.27. The fourth-order valence-electron chi connectivity index (χ4n) is 3.70. The molecule has 0 saturated carbocycles. The second-order valence-corrected chi connectivity index (χ2v) is 11.1. The summed E-state index contributed by atoms with van der Waals surface area (Å²) in [7, 11) is 3.19. The van der Waals surface area contributed by atoms with E-state index in [0.29, 0.717) is 27.1 Å². The van der Waals surface area contributed by atoms with Crippen LogP contribution in [0, 0.1) is 0 Å². The first-order chi connectivity index (χ1) is 17.7. The van der Waals surface area contributed by atoms with Crippen molar-refractivity contribution >= 4 is 45.9 Å². The van der Waals surface area contributed by atoms with Crippen LogP contribution in [-0.2, 0) is 5.41 Å². The van der Waals surface area contributed by atoms with E-state index in [-0.39, 0.29) is 16.9 Å². The fourth-order valence-corrected chi connectivity index (χ4v) is 5.01. The van der Waals surface area contributed by atoms with Gasteiger partial charge in [-0.2, -0.15) is 0 Å². The second kappa shape index (κ2) is 11.1. The SMILES string of the molecule is COc1ccc(-c2csc(/N=C/c3cc(/C=C/C(=O)c4cccs4)cc(C(C)(C)C)c3O)n2)cc1OC. The lowest BCUT2D eigenvalue weighted by Gasteiger charge is -2.22. The molecule has 0 amide bonds. The predicted octanol–water partition coefficient (Wildman–Crippen LogP) is 7.54. The van der Waals surface area contributed by atoms with Crippen LogP contribution in [0.3, 0.4) is 0 Å². The summed E-state index contributed by atoms with van der Waals surface area (Å²) in [6.45, 7) is 6.09. The topological polar surface area (TPSA) is 81.0 Å². The molecule has 0 radical (unpaired) electrons. The summed E-state index contributed by atoms with van der Waals surface area (Å²) < 4.78 is 10.7. The van der Waals surface area contributed by atoms with Crippen LogP contribution in [0.2, 0.25) is 0 Å². The first-order valence-electron chi connectivity index (χ1n) is 11.5. The van der Waals surface area contributed by atoms with Crippen LogP contribution in [0.5, 0.6) is 17.2 Å². The number of nitrogens with zero attached hydrogens (tertiary/aromatic N) is 2. The third-order valence-electron chi connectivity index (χ3n) is 5.65. The quantitative estimate of drug-likeness (QED) is 0.144. The molecule has 37 heavy (non-hydrogen) atoms. The van der Waals surface area contributed by atoms with Crippen LogP contribution in [-0.4, -0.2) is 36.3 Å². The summed E-state index contributed by atoms with van der Waals surface area (Å²) >= 11 is 2.81. The molecule has 2 aromatic heterocycles. The van der Waals surface area contributed by atoms with Gasteiger partial charge in [-0.1, -0.05) is 32.9 Å². The third kappa shape index (κ3) is 6.15. The number of ether oxygens (including phenoxy) is 2. The maximum Gasteiger partial charge on any atom is 0.209 e. The van der Waals surface area contributed by atoms with E-state index in [0.717, 1.165) is 22.4 Å². The molecule has 0 saturated heterocycles. The third-order valence-corrected chi connectivity index (χ3v) is 7.28. The molecule has 0 aliphatic heterocycles. The average Bonchev–Trinajstić information content (AvgIpc) is 3.58. The number of carbonyl (C=O) groups excluding carboxylic acids is 1. The number of aromatic nitrogens is 1. The van der Waals surface area contributed by atoms with Gasteiger partial charge in [-0.05, 0) is 58.8 Å². The molecule has 2 heterocycles. The van der Waals surface area contributed by atoms with Crippen molar-refractivity contribution in [2.45, 2.75) is 26.2 Å². The number of thiazole rings is 1. The summed E-state index contributed by atoms with van der Waals surface area (Å²) in [5.41, 5.74) is 3.47. The van der Waals surface area contributed by atoms with Crippen molar-refractivity contribution in [2.75, 3.05) is 14.2 Å². The highest BCUT2D eigenvalue weighted by Gasteiger charge is 2.21. The van der Waals surface area contributed by atoms with Gasteiger partial charge in [-0.3, -0.25) is 4.79 Å². The van der Waals surface area contributed by atoms with Crippen LogP contribution in [0.4, 0.5) is 5.13 Å². The smallest absolute Gasteiger partial charge is 0.209 e. The minimum absolute atomic E-state index is 0.0546. The molecule has 4 aromatic rings. The molecular weight excluding hydrogens is 504 g/mol. The van der Waals surface area contributed by atoms with Crippen LogP contribution in [0.1, 0.15) is 47.1 Å². The van der Waals surface area contributed by atoms with E-state index in [4.69, 9.17) is 9.47 Å². The number of benzene rings is 2. The molecule has 0 fully saturated rings. The minimum atomic E-state index is -0.309. The molecule has 0 aliphatic carbocycles. The Bertz CT molecular complexity index is 1460. The molecule has 1 N–H and O–H groups in total. The van der Waals surface area contributed by atoms with E-state index < -0.39 is 0 Å². The summed E-state index contributed by atoms with van der Waals surface area (Å²) in [5.74, 6) is 1.38.